The molecule has 0 amide bonds. The molecule has 1 aromatic rings. The van der Waals surface area contributed by atoms with Gasteiger partial charge in [0.2, 0.25) is 0 Å². The largest absolute Gasteiger partial charge is 0.357 e. The smallest absolute Gasteiger partial charge is 0.269 e. The van der Waals surface area contributed by atoms with E-state index in [9.17, 15) is 17.2 Å². The van der Waals surface area contributed by atoms with Crippen LogP contribution < -0.4 is 4.72 Å². The Morgan fingerprint density at radius 2 is 1.92 bits per heavy atom. The van der Waals surface area contributed by atoms with Crippen LogP contribution >= 0.6 is 0 Å². The zero-order valence-corrected chi connectivity index (χ0v) is 6.98. The standard InChI is InChI=1S/C6H5F2NO3S/c7-4-1-2-6(5(8)3-4)9-13(10,11)12/h1-3,9H,(H,10,11,12). The number of hydrogen-bond donors (Lipinski definition) is 2. The highest BCUT2D eigenvalue weighted by atomic mass is 32.2. The molecule has 13 heavy (non-hydrogen) atoms. The third kappa shape index (κ3) is 2.96. The number of nitrogens with one attached hydrogen (secondary N) is 1. The molecule has 0 saturated carbocycles. The molecule has 0 spiro atoms. The van der Waals surface area contributed by atoms with Crippen molar-refractivity contribution in [3.05, 3.63) is 29.8 Å². The van der Waals surface area contributed by atoms with Gasteiger partial charge in [0.25, 0.3) is 0 Å². The van der Waals surface area contributed by atoms with Crippen LogP contribution in [0, 0.1) is 11.6 Å². The van der Waals surface area contributed by atoms with Crippen LogP contribution in [0.15, 0.2) is 18.2 Å². The molecule has 4 nitrogen and oxygen atoms in total. The Balaban J connectivity index is 3.04. The molecule has 0 unspecified atom stereocenters. The minimum Gasteiger partial charge on any atom is -0.269 e. The quantitative estimate of drug-likeness (QED) is 0.718. The maximum absolute atomic E-state index is 12.7. The third-order valence-electron chi connectivity index (χ3n) is 1.17. The second-order valence-corrected chi connectivity index (χ2v) is 3.36. The van der Waals surface area contributed by atoms with E-state index >= 15 is 0 Å². The van der Waals surface area contributed by atoms with Gasteiger partial charge in [0.15, 0.2) is 0 Å². The Hall–Kier alpha value is -1.21. The summed E-state index contributed by atoms with van der Waals surface area (Å²) in [6.07, 6.45) is 0. The van der Waals surface area contributed by atoms with Crippen molar-refractivity contribution in [2.24, 2.45) is 0 Å². The fourth-order valence-corrected chi connectivity index (χ4v) is 1.15. The number of rotatable bonds is 2. The van der Waals surface area contributed by atoms with E-state index in [2.05, 4.69) is 0 Å². The first-order valence-corrected chi connectivity index (χ1v) is 4.53. The summed E-state index contributed by atoms with van der Waals surface area (Å²) in [5.74, 6) is -1.93. The van der Waals surface area contributed by atoms with Crippen molar-refractivity contribution in [2.45, 2.75) is 0 Å². The van der Waals surface area contributed by atoms with Crippen molar-refractivity contribution < 1.29 is 21.8 Å². The van der Waals surface area contributed by atoms with E-state index in [0.29, 0.717) is 6.07 Å². The molecule has 0 saturated heterocycles. The number of hydrogen-bond acceptors (Lipinski definition) is 2. The van der Waals surface area contributed by atoms with E-state index in [1.807, 2.05) is 0 Å². The molecule has 0 aromatic heterocycles. The van der Waals surface area contributed by atoms with Gasteiger partial charge in [0, 0.05) is 6.07 Å². The first-order valence-electron chi connectivity index (χ1n) is 3.09. The van der Waals surface area contributed by atoms with Gasteiger partial charge in [-0.2, -0.15) is 8.42 Å². The van der Waals surface area contributed by atoms with E-state index in [1.54, 1.807) is 0 Å². The Kier molecular flexibility index (Phi) is 2.48. The average molecular weight is 209 g/mol. The molecular formula is C6H5F2NO3S. The molecule has 0 heterocycles. The Morgan fingerprint density at radius 3 is 2.38 bits per heavy atom. The monoisotopic (exact) mass is 209 g/mol. The zero-order valence-electron chi connectivity index (χ0n) is 6.16. The second kappa shape index (κ2) is 3.27. The van der Waals surface area contributed by atoms with Crippen molar-refractivity contribution >= 4 is 16.0 Å². The molecule has 0 fully saturated rings. The molecule has 72 valence electrons. The maximum Gasteiger partial charge on any atom is 0.357 e. The highest BCUT2D eigenvalue weighted by Gasteiger charge is 2.09. The van der Waals surface area contributed by atoms with E-state index in [4.69, 9.17) is 4.55 Å². The van der Waals surface area contributed by atoms with Gasteiger partial charge in [-0.25, -0.2) is 8.78 Å². The minimum atomic E-state index is -4.52. The first kappa shape index (κ1) is 9.87. The van der Waals surface area contributed by atoms with Crippen LogP contribution in [-0.2, 0) is 10.3 Å². The Bertz CT molecular complexity index is 418. The van der Waals surface area contributed by atoms with Crippen molar-refractivity contribution in [3.63, 3.8) is 0 Å². The Labute approximate surface area is 73.1 Å². The van der Waals surface area contributed by atoms with E-state index in [-0.39, 0.29) is 0 Å². The fourth-order valence-electron chi connectivity index (χ4n) is 0.711. The van der Waals surface area contributed by atoms with Crippen LogP contribution in [0.2, 0.25) is 0 Å². The van der Waals surface area contributed by atoms with Crippen LogP contribution in [0.5, 0.6) is 0 Å². The summed E-state index contributed by atoms with van der Waals surface area (Å²) in [6.45, 7) is 0. The molecule has 2 N–H and O–H groups in total. The third-order valence-corrected chi connectivity index (χ3v) is 1.65. The van der Waals surface area contributed by atoms with Crippen LogP contribution in [0.25, 0.3) is 0 Å². The summed E-state index contributed by atoms with van der Waals surface area (Å²) in [5, 5.41) is 0. The van der Waals surface area contributed by atoms with Crippen LogP contribution in [0.1, 0.15) is 0 Å². The van der Waals surface area contributed by atoms with Crippen LogP contribution in [-0.4, -0.2) is 13.0 Å². The lowest BCUT2D eigenvalue weighted by atomic mass is 10.3. The zero-order chi connectivity index (χ0) is 10.1. The summed E-state index contributed by atoms with van der Waals surface area (Å²) < 4.78 is 55.2. The maximum atomic E-state index is 12.7. The summed E-state index contributed by atoms with van der Waals surface area (Å²) >= 11 is 0. The summed E-state index contributed by atoms with van der Waals surface area (Å²) in [6, 6.07) is 2.21. The number of benzene rings is 1. The predicted molar refractivity (Wildman–Crippen MR) is 41.5 cm³/mol. The van der Waals surface area contributed by atoms with Gasteiger partial charge in [-0.3, -0.25) is 9.27 Å². The molecule has 0 aliphatic heterocycles. The topological polar surface area (TPSA) is 66.4 Å². The van der Waals surface area contributed by atoms with Gasteiger partial charge in [-0.1, -0.05) is 0 Å². The van der Waals surface area contributed by atoms with Crippen molar-refractivity contribution in [1.29, 1.82) is 0 Å². The average Bonchev–Trinajstić information content (AvgIpc) is 1.93. The molecule has 0 aliphatic rings. The highest BCUT2D eigenvalue weighted by molar-refractivity contribution is 7.87. The fraction of sp³-hybridized carbons (Fsp3) is 0. The van der Waals surface area contributed by atoms with Gasteiger partial charge in [-0.05, 0) is 12.1 Å². The molecule has 0 bridgehead atoms. The number of halogens is 2. The lowest BCUT2D eigenvalue weighted by Crippen LogP contribution is -2.11. The molecule has 1 rings (SSSR count). The highest BCUT2D eigenvalue weighted by Crippen LogP contribution is 2.15. The van der Waals surface area contributed by atoms with Crippen LogP contribution in [0.3, 0.4) is 0 Å². The van der Waals surface area contributed by atoms with Gasteiger partial charge in [-0.15, -0.1) is 0 Å². The predicted octanol–water partition coefficient (Wildman–Crippen LogP) is 1.18. The van der Waals surface area contributed by atoms with Crippen molar-refractivity contribution in [1.82, 2.24) is 0 Å². The van der Waals surface area contributed by atoms with Gasteiger partial charge < -0.3 is 0 Å². The van der Waals surface area contributed by atoms with Crippen LogP contribution in [0.4, 0.5) is 14.5 Å². The van der Waals surface area contributed by atoms with Gasteiger partial charge in [0.05, 0.1) is 5.69 Å². The van der Waals surface area contributed by atoms with Crippen molar-refractivity contribution in [3.8, 4) is 0 Å². The van der Waals surface area contributed by atoms with Crippen molar-refractivity contribution in [2.75, 3.05) is 4.72 Å². The van der Waals surface area contributed by atoms with E-state index in [1.165, 1.54) is 4.72 Å². The summed E-state index contributed by atoms with van der Waals surface area (Å²) in [5.41, 5.74) is -0.510. The molecule has 0 radical (unpaired) electrons. The minimum absolute atomic E-state index is 0.494. The molecule has 0 atom stereocenters. The lowest BCUT2D eigenvalue weighted by molar-refractivity contribution is 0.489. The second-order valence-electron chi connectivity index (χ2n) is 2.20. The van der Waals surface area contributed by atoms with Gasteiger partial charge in [0.1, 0.15) is 11.6 Å². The van der Waals surface area contributed by atoms with E-state index in [0.717, 1.165) is 12.1 Å². The summed E-state index contributed by atoms with van der Waals surface area (Å²) in [7, 11) is -4.52. The molecule has 1 aromatic carbocycles. The van der Waals surface area contributed by atoms with Gasteiger partial charge >= 0.3 is 10.3 Å². The Morgan fingerprint density at radius 1 is 1.31 bits per heavy atom. The normalized spacial score (nSPS) is 11.3. The lowest BCUT2D eigenvalue weighted by Gasteiger charge is -2.02. The SMILES string of the molecule is O=S(=O)(O)Nc1ccc(F)cc1F. The van der Waals surface area contributed by atoms with E-state index < -0.39 is 27.6 Å². The summed E-state index contributed by atoms with van der Waals surface area (Å²) in [4.78, 5) is 0. The first-order chi connectivity index (χ1) is 5.88. The number of anilines is 1. The molecule has 7 heteroatoms. The molecule has 0 aliphatic carbocycles. The molecular weight excluding hydrogens is 204 g/mol.